The molecule has 1 aromatic heterocycles. The number of aliphatic carboxylic acids is 1. The van der Waals surface area contributed by atoms with Gasteiger partial charge in [0.15, 0.2) is 0 Å². The molecule has 1 unspecified atom stereocenters. The minimum absolute atomic E-state index is 0.591. The summed E-state index contributed by atoms with van der Waals surface area (Å²) in [6.45, 7) is 11.6. The van der Waals surface area contributed by atoms with Crippen LogP contribution in [0.4, 0.5) is 0 Å². The Bertz CT molecular complexity index is 482. The number of aryl methyl sites for hydroxylation is 2. The van der Waals surface area contributed by atoms with Crippen LogP contribution in [0.2, 0.25) is 0 Å². The van der Waals surface area contributed by atoms with Crippen LogP contribution in [0.1, 0.15) is 57.0 Å². The Morgan fingerprint density at radius 2 is 2.00 bits per heavy atom. The number of hydrogen-bond acceptors (Lipinski definition) is 3. The Hall–Kier alpha value is -1.36. The first-order chi connectivity index (χ1) is 9.91. The largest absolute Gasteiger partial charge is 0.480 e. The smallest absolute Gasteiger partial charge is 0.323 e. The number of likely N-dealkylation sites (N-methyl/N-ethyl adjacent to an activating group) is 1. The molecular weight excluding hydrogens is 266 g/mol. The van der Waals surface area contributed by atoms with Gasteiger partial charge in [-0.25, -0.2) is 0 Å². The fourth-order valence-electron chi connectivity index (χ4n) is 3.06. The maximum Gasteiger partial charge on any atom is 0.323 e. The highest BCUT2D eigenvalue weighted by molar-refractivity contribution is 5.78. The van der Waals surface area contributed by atoms with Gasteiger partial charge in [-0.3, -0.25) is 9.48 Å². The van der Waals surface area contributed by atoms with Crippen LogP contribution in [-0.2, 0) is 17.8 Å². The molecule has 1 aromatic rings. The highest BCUT2D eigenvalue weighted by Gasteiger charge is 2.35. The minimum atomic E-state index is -0.807. The fourth-order valence-corrected chi connectivity index (χ4v) is 3.06. The van der Waals surface area contributed by atoms with Gasteiger partial charge >= 0.3 is 5.97 Å². The lowest BCUT2D eigenvalue weighted by molar-refractivity contribution is -0.145. The third-order valence-electron chi connectivity index (χ3n) is 4.39. The van der Waals surface area contributed by atoms with Crippen LogP contribution >= 0.6 is 0 Å². The zero-order chi connectivity index (χ0) is 16.0. The second-order valence-electron chi connectivity index (χ2n) is 5.60. The van der Waals surface area contributed by atoms with E-state index in [0.717, 1.165) is 25.1 Å². The molecule has 0 aliphatic carbocycles. The predicted octanol–water partition coefficient (Wildman–Crippen LogP) is 2.69. The van der Waals surface area contributed by atoms with Gasteiger partial charge in [0.05, 0.1) is 5.69 Å². The van der Waals surface area contributed by atoms with Crippen molar-refractivity contribution in [3.05, 3.63) is 17.0 Å². The van der Waals surface area contributed by atoms with E-state index in [1.165, 1.54) is 11.3 Å². The van der Waals surface area contributed by atoms with Gasteiger partial charge in [-0.1, -0.05) is 20.8 Å². The van der Waals surface area contributed by atoms with Gasteiger partial charge in [-0.15, -0.1) is 0 Å². The predicted molar refractivity (Wildman–Crippen MR) is 84.6 cm³/mol. The Kier molecular flexibility index (Phi) is 6.40. The standard InChI is InChI=1S/C16H29N3O2/c1-6-14-12(4)18-19(13(14)5)11-9-10-16(7-2,15(20)21)17-8-3/h17H,6-11H2,1-5H3,(H,20,21). The minimum Gasteiger partial charge on any atom is -0.480 e. The maximum atomic E-state index is 11.6. The van der Waals surface area contributed by atoms with Crippen molar-refractivity contribution in [2.45, 2.75) is 72.4 Å². The Morgan fingerprint density at radius 3 is 2.43 bits per heavy atom. The lowest BCUT2D eigenvalue weighted by Crippen LogP contribution is -2.51. The number of carboxylic acid groups (broad SMARTS) is 1. The van der Waals surface area contributed by atoms with Crippen LogP contribution in [0.15, 0.2) is 0 Å². The van der Waals surface area contributed by atoms with Gasteiger partial charge < -0.3 is 10.4 Å². The summed E-state index contributed by atoms with van der Waals surface area (Å²) in [5.41, 5.74) is 2.79. The molecule has 120 valence electrons. The van der Waals surface area contributed by atoms with Crippen molar-refractivity contribution in [1.29, 1.82) is 0 Å². The molecule has 0 radical (unpaired) electrons. The summed E-state index contributed by atoms with van der Waals surface area (Å²) in [6, 6.07) is 0. The van der Waals surface area contributed by atoms with Gasteiger partial charge in [0.25, 0.3) is 0 Å². The first-order valence-corrected chi connectivity index (χ1v) is 7.93. The van der Waals surface area contributed by atoms with Gasteiger partial charge in [0.2, 0.25) is 0 Å². The quantitative estimate of drug-likeness (QED) is 0.735. The summed E-state index contributed by atoms with van der Waals surface area (Å²) in [5, 5.41) is 17.2. The molecule has 1 rings (SSSR count). The third-order valence-corrected chi connectivity index (χ3v) is 4.39. The SMILES string of the molecule is CCNC(CC)(CCCn1nc(C)c(CC)c1C)C(=O)O. The van der Waals surface area contributed by atoms with Gasteiger partial charge in [0.1, 0.15) is 5.54 Å². The Labute approximate surface area is 127 Å². The summed E-state index contributed by atoms with van der Waals surface area (Å²) in [7, 11) is 0. The van der Waals surface area contributed by atoms with Crippen LogP contribution in [0.25, 0.3) is 0 Å². The molecule has 1 atom stereocenters. The summed E-state index contributed by atoms with van der Waals surface area (Å²) in [5.74, 6) is -0.755. The molecule has 5 nitrogen and oxygen atoms in total. The molecule has 0 aromatic carbocycles. The number of nitrogens with one attached hydrogen (secondary N) is 1. The van der Waals surface area contributed by atoms with E-state index in [2.05, 4.69) is 24.3 Å². The maximum absolute atomic E-state index is 11.6. The van der Waals surface area contributed by atoms with Crippen molar-refractivity contribution in [1.82, 2.24) is 15.1 Å². The second kappa shape index (κ2) is 7.59. The second-order valence-corrected chi connectivity index (χ2v) is 5.60. The molecule has 21 heavy (non-hydrogen) atoms. The van der Waals surface area contributed by atoms with E-state index < -0.39 is 11.5 Å². The van der Waals surface area contributed by atoms with Crippen molar-refractivity contribution in [3.8, 4) is 0 Å². The van der Waals surface area contributed by atoms with Crippen LogP contribution in [0.5, 0.6) is 0 Å². The average Bonchev–Trinajstić information content (AvgIpc) is 2.71. The Balaban J connectivity index is 2.73. The fraction of sp³-hybridized carbons (Fsp3) is 0.750. The normalized spacial score (nSPS) is 14.1. The highest BCUT2D eigenvalue weighted by Crippen LogP contribution is 2.20. The lowest BCUT2D eigenvalue weighted by Gasteiger charge is -2.29. The lowest BCUT2D eigenvalue weighted by atomic mass is 9.90. The summed E-state index contributed by atoms with van der Waals surface area (Å²) in [6.07, 6.45) is 3.00. The number of aromatic nitrogens is 2. The molecule has 0 aliphatic rings. The number of nitrogens with zero attached hydrogens (tertiary/aromatic N) is 2. The van der Waals surface area contributed by atoms with E-state index in [-0.39, 0.29) is 0 Å². The van der Waals surface area contributed by atoms with Crippen molar-refractivity contribution >= 4 is 5.97 Å². The van der Waals surface area contributed by atoms with E-state index in [1.807, 2.05) is 25.5 Å². The number of carboxylic acids is 1. The van der Waals surface area contributed by atoms with Crippen LogP contribution in [0.3, 0.4) is 0 Å². The first-order valence-electron chi connectivity index (χ1n) is 7.93. The molecule has 0 saturated carbocycles. The number of carbonyl (C=O) groups is 1. The summed E-state index contributed by atoms with van der Waals surface area (Å²) >= 11 is 0. The van der Waals surface area contributed by atoms with Crippen molar-refractivity contribution in [2.75, 3.05) is 6.54 Å². The zero-order valence-electron chi connectivity index (χ0n) is 14.0. The average molecular weight is 295 g/mol. The topological polar surface area (TPSA) is 67.2 Å². The zero-order valence-corrected chi connectivity index (χ0v) is 14.0. The van der Waals surface area contributed by atoms with Crippen molar-refractivity contribution in [2.24, 2.45) is 0 Å². The molecule has 5 heteroatoms. The van der Waals surface area contributed by atoms with E-state index >= 15 is 0 Å². The molecule has 2 N–H and O–H groups in total. The summed E-state index contributed by atoms with van der Waals surface area (Å²) in [4.78, 5) is 11.6. The van der Waals surface area contributed by atoms with Crippen LogP contribution < -0.4 is 5.32 Å². The van der Waals surface area contributed by atoms with Crippen molar-refractivity contribution in [3.63, 3.8) is 0 Å². The van der Waals surface area contributed by atoms with Crippen molar-refractivity contribution < 1.29 is 9.90 Å². The monoisotopic (exact) mass is 295 g/mol. The third kappa shape index (κ3) is 3.84. The van der Waals surface area contributed by atoms with E-state index in [1.54, 1.807) is 0 Å². The summed E-state index contributed by atoms with van der Waals surface area (Å²) < 4.78 is 2.02. The van der Waals surface area contributed by atoms with Crippen LogP contribution in [0, 0.1) is 13.8 Å². The molecule has 0 amide bonds. The number of rotatable bonds is 9. The van der Waals surface area contributed by atoms with E-state index in [4.69, 9.17) is 0 Å². The Morgan fingerprint density at radius 1 is 1.33 bits per heavy atom. The van der Waals surface area contributed by atoms with E-state index in [9.17, 15) is 9.90 Å². The first kappa shape index (κ1) is 17.7. The molecular formula is C16H29N3O2. The molecule has 0 aliphatic heterocycles. The van der Waals surface area contributed by atoms with Gasteiger partial charge in [0, 0.05) is 12.2 Å². The van der Waals surface area contributed by atoms with Crippen LogP contribution in [-0.4, -0.2) is 32.9 Å². The van der Waals surface area contributed by atoms with Gasteiger partial charge in [-0.05, 0) is 51.6 Å². The number of hydrogen-bond donors (Lipinski definition) is 2. The molecule has 0 bridgehead atoms. The van der Waals surface area contributed by atoms with E-state index in [0.29, 0.717) is 19.4 Å². The molecule has 0 fully saturated rings. The highest BCUT2D eigenvalue weighted by atomic mass is 16.4. The van der Waals surface area contributed by atoms with Gasteiger partial charge in [-0.2, -0.15) is 5.10 Å². The molecule has 0 saturated heterocycles. The molecule has 0 spiro atoms. The molecule has 1 heterocycles.